The van der Waals surface area contributed by atoms with E-state index in [1.54, 1.807) is 15.3 Å². The molecule has 18 heavy (non-hydrogen) atoms. The Morgan fingerprint density at radius 3 is 2.83 bits per heavy atom. The zero-order chi connectivity index (χ0) is 12.9. The van der Waals surface area contributed by atoms with E-state index >= 15 is 0 Å². The second-order valence-electron chi connectivity index (χ2n) is 5.26. The smallest absolute Gasteiger partial charge is 0.263 e. The molecule has 0 bridgehead atoms. The van der Waals surface area contributed by atoms with Gasteiger partial charge in [0.1, 0.15) is 5.39 Å². The average molecular weight is 248 g/mol. The van der Waals surface area contributed by atoms with E-state index in [0.29, 0.717) is 6.54 Å². The highest BCUT2D eigenvalue weighted by Gasteiger charge is 2.22. The van der Waals surface area contributed by atoms with Crippen molar-refractivity contribution in [3.8, 4) is 0 Å². The van der Waals surface area contributed by atoms with E-state index in [1.807, 2.05) is 19.9 Å². The van der Waals surface area contributed by atoms with Crippen molar-refractivity contribution >= 4 is 10.8 Å². The Morgan fingerprint density at radius 1 is 1.33 bits per heavy atom. The molecule has 0 unspecified atom stereocenters. The normalized spacial score (nSPS) is 15.3. The number of halogens is 1. The molecule has 0 aliphatic carbocycles. The van der Waals surface area contributed by atoms with E-state index in [2.05, 4.69) is 0 Å². The first-order valence-electron chi connectivity index (χ1n) is 6.53. The van der Waals surface area contributed by atoms with Crippen LogP contribution in [0.5, 0.6) is 0 Å². The molecule has 2 aromatic rings. The van der Waals surface area contributed by atoms with E-state index in [9.17, 15) is 9.18 Å². The van der Waals surface area contributed by atoms with Gasteiger partial charge in [0.05, 0.1) is 0 Å². The van der Waals surface area contributed by atoms with E-state index in [1.165, 1.54) is 0 Å². The van der Waals surface area contributed by atoms with Gasteiger partial charge in [-0.25, -0.2) is 0 Å². The molecule has 3 heterocycles. The predicted molar refractivity (Wildman–Crippen MR) is 69.5 cm³/mol. The number of nitrogens with zero attached hydrogens (tertiary/aromatic N) is 2. The third-order valence-electron chi connectivity index (χ3n) is 3.80. The molecule has 4 heteroatoms. The number of pyridine rings is 1. The fraction of sp³-hybridized carbons (Fsp3) is 0.500. The van der Waals surface area contributed by atoms with Gasteiger partial charge in [-0.15, -0.1) is 0 Å². The van der Waals surface area contributed by atoms with Crippen molar-refractivity contribution in [2.45, 2.75) is 45.7 Å². The van der Waals surface area contributed by atoms with Gasteiger partial charge in [-0.2, -0.15) is 4.39 Å². The van der Waals surface area contributed by atoms with Crippen LogP contribution < -0.4 is 5.56 Å². The molecule has 0 saturated heterocycles. The molecule has 0 amide bonds. The predicted octanol–water partition coefficient (Wildman–Crippen LogP) is 2.86. The van der Waals surface area contributed by atoms with Crippen molar-refractivity contribution in [3.05, 3.63) is 34.3 Å². The first kappa shape index (κ1) is 11.5. The van der Waals surface area contributed by atoms with Gasteiger partial charge in [0.25, 0.3) is 5.56 Å². The number of aromatic nitrogens is 2. The van der Waals surface area contributed by atoms with E-state index < -0.39 is 0 Å². The van der Waals surface area contributed by atoms with Crippen LogP contribution in [0.15, 0.2) is 17.1 Å². The molecule has 0 saturated carbocycles. The Bertz CT molecular complexity index is 666. The van der Waals surface area contributed by atoms with Crippen LogP contribution in [0.25, 0.3) is 10.8 Å². The zero-order valence-electron chi connectivity index (χ0n) is 10.7. The molecule has 0 N–H and O–H groups in total. The summed E-state index contributed by atoms with van der Waals surface area (Å²) in [7, 11) is 0. The molecule has 0 spiro atoms. The fourth-order valence-electron chi connectivity index (χ4n) is 2.86. The zero-order valence-corrected chi connectivity index (χ0v) is 10.7. The van der Waals surface area contributed by atoms with Crippen LogP contribution in [0, 0.1) is 5.95 Å². The quantitative estimate of drug-likeness (QED) is 0.762. The van der Waals surface area contributed by atoms with Gasteiger partial charge in [-0.3, -0.25) is 4.79 Å². The highest BCUT2D eigenvalue weighted by Crippen LogP contribution is 2.27. The number of rotatable bonds is 1. The van der Waals surface area contributed by atoms with Crippen LogP contribution in [-0.4, -0.2) is 9.13 Å². The number of fused-ring (bicyclic) bond motifs is 3. The summed E-state index contributed by atoms with van der Waals surface area (Å²) in [4.78, 5) is 12.3. The summed E-state index contributed by atoms with van der Waals surface area (Å²) >= 11 is 0. The Hall–Kier alpha value is -1.58. The second-order valence-corrected chi connectivity index (χ2v) is 5.26. The van der Waals surface area contributed by atoms with E-state index in [4.69, 9.17) is 0 Å². The van der Waals surface area contributed by atoms with Gasteiger partial charge in [-0.1, -0.05) is 0 Å². The maximum atomic E-state index is 14.4. The molecule has 2 aromatic heterocycles. The van der Waals surface area contributed by atoms with Crippen LogP contribution in [0.1, 0.15) is 38.4 Å². The van der Waals surface area contributed by atoms with Crippen LogP contribution >= 0.6 is 0 Å². The lowest BCUT2D eigenvalue weighted by atomic mass is 10.1. The van der Waals surface area contributed by atoms with Gasteiger partial charge in [0, 0.05) is 29.9 Å². The molecule has 0 fully saturated rings. The van der Waals surface area contributed by atoms with Gasteiger partial charge in [-0.05, 0) is 39.2 Å². The summed E-state index contributed by atoms with van der Waals surface area (Å²) in [6.45, 7) is 4.55. The molecule has 0 atom stereocenters. The van der Waals surface area contributed by atoms with Crippen molar-refractivity contribution < 1.29 is 4.39 Å². The summed E-state index contributed by atoms with van der Waals surface area (Å²) < 4.78 is 17.6. The standard InChI is InChI=1S/C14H17FN2O/c1-9(2)16-8-6-10-11-5-3-4-7-17(11)13(15)12(10)14(16)18/h6,8-9H,3-5,7H2,1-2H3. The minimum absolute atomic E-state index is 0.0539. The average Bonchev–Trinajstić information content (AvgIpc) is 2.65. The van der Waals surface area contributed by atoms with Crippen LogP contribution in [0.4, 0.5) is 4.39 Å². The lowest BCUT2D eigenvalue weighted by Crippen LogP contribution is -2.21. The molecule has 3 rings (SSSR count). The van der Waals surface area contributed by atoms with Crippen LogP contribution in [-0.2, 0) is 13.0 Å². The van der Waals surface area contributed by atoms with Crippen LogP contribution in [0.2, 0.25) is 0 Å². The molecule has 0 radical (unpaired) electrons. The van der Waals surface area contributed by atoms with Crippen molar-refractivity contribution in [2.24, 2.45) is 0 Å². The first-order valence-corrected chi connectivity index (χ1v) is 6.53. The minimum atomic E-state index is -0.347. The first-order chi connectivity index (χ1) is 8.61. The third-order valence-corrected chi connectivity index (χ3v) is 3.80. The maximum absolute atomic E-state index is 14.4. The largest absolute Gasteiger partial charge is 0.321 e. The molecule has 96 valence electrons. The molecular weight excluding hydrogens is 231 g/mol. The van der Waals surface area contributed by atoms with Crippen molar-refractivity contribution in [1.82, 2.24) is 9.13 Å². The highest BCUT2D eigenvalue weighted by molar-refractivity contribution is 5.85. The molecule has 0 aromatic carbocycles. The summed E-state index contributed by atoms with van der Waals surface area (Å²) in [5.41, 5.74) is 0.781. The second kappa shape index (κ2) is 3.97. The molecule has 3 nitrogen and oxygen atoms in total. The van der Waals surface area contributed by atoms with Gasteiger partial charge < -0.3 is 9.13 Å². The van der Waals surface area contributed by atoms with Gasteiger partial charge >= 0.3 is 0 Å². The lowest BCUT2D eigenvalue weighted by molar-refractivity contribution is 0.442. The SMILES string of the molecule is CC(C)n1ccc2c3n(c(F)c2c1=O)CCCC3. The topological polar surface area (TPSA) is 26.9 Å². The van der Waals surface area contributed by atoms with Crippen molar-refractivity contribution in [1.29, 1.82) is 0 Å². The van der Waals surface area contributed by atoms with Crippen molar-refractivity contribution in [2.75, 3.05) is 0 Å². The number of hydrogen-bond acceptors (Lipinski definition) is 1. The Morgan fingerprint density at radius 2 is 2.11 bits per heavy atom. The highest BCUT2D eigenvalue weighted by atomic mass is 19.1. The van der Waals surface area contributed by atoms with E-state index in [-0.39, 0.29) is 22.9 Å². The Kier molecular flexibility index (Phi) is 2.54. The summed E-state index contributed by atoms with van der Waals surface area (Å²) in [6, 6.07) is 1.94. The van der Waals surface area contributed by atoms with E-state index in [0.717, 1.165) is 30.3 Å². The number of hydrogen-bond donors (Lipinski definition) is 0. The third kappa shape index (κ3) is 1.44. The minimum Gasteiger partial charge on any atom is -0.321 e. The van der Waals surface area contributed by atoms with Gasteiger partial charge in [0.15, 0.2) is 0 Å². The van der Waals surface area contributed by atoms with Crippen molar-refractivity contribution in [3.63, 3.8) is 0 Å². The summed E-state index contributed by atoms with van der Waals surface area (Å²) in [5, 5.41) is 1.07. The molecule has 1 aliphatic rings. The Labute approximate surface area is 105 Å². The fourth-order valence-corrected chi connectivity index (χ4v) is 2.86. The van der Waals surface area contributed by atoms with Crippen LogP contribution in [0.3, 0.4) is 0 Å². The molecule has 1 aliphatic heterocycles. The maximum Gasteiger partial charge on any atom is 0.263 e. The van der Waals surface area contributed by atoms with Gasteiger partial charge in [0.2, 0.25) is 5.95 Å². The Balaban J connectivity index is 2.39. The summed E-state index contributed by atoms with van der Waals surface area (Å²) in [5.74, 6) is -0.347. The lowest BCUT2D eigenvalue weighted by Gasteiger charge is -2.15. The number of aryl methyl sites for hydroxylation is 1. The monoisotopic (exact) mass is 248 g/mol. The summed E-state index contributed by atoms with van der Waals surface area (Å²) in [6.07, 6.45) is 4.71. The molecular formula is C14H17FN2O.